The molecule has 0 radical (unpaired) electrons. The molecule has 0 atom stereocenters. The van der Waals surface area contributed by atoms with Crippen LogP contribution in [-0.2, 0) is 4.79 Å². The van der Waals surface area contributed by atoms with Gasteiger partial charge in [-0.1, -0.05) is 0 Å². The van der Waals surface area contributed by atoms with Gasteiger partial charge in [0.1, 0.15) is 0 Å². The number of rotatable bonds is 5. The number of nitrogen functional groups attached to an aromatic ring is 1. The van der Waals surface area contributed by atoms with Crippen LogP contribution >= 0.6 is 15.9 Å². The van der Waals surface area contributed by atoms with Gasteiger partial charge in [-0.3, -0.25) is 9.69 Å². The first-order valence-corrected chi connectivity index (χ1v) is 6.72. The molecule has 0 saturated heterocycles. The van der Waals surface area contributed by atoms with Crippen LogP contribution in [0.4, 0.5) is 11.4 Å². The van der Waals surface area contributed by atoms with Gasteiger partial charge in [-0.15, -0.1) is 0 Å². The summed E-state index contributed by atoms with van der Waals surface area (Å²) in [6, 6.07) is 5.20. The molecule has 5 nitrogen and oxygen atoms in total. The fraction of sp³-hybridized carbons (Fsp3) is 0.462. The van der Waals surface area contributed by atoms with Crippen molar-refractivity contribution in [2.75, 3.05) is 31.2 Å². The maximum atomic E-state index is 11.9. The predicted octanol–water partition coefficient (Wildman–Crippen LogP) is 1.67. The second-order valence-corrected chi connectivity index (χ2v) is 6.13. The smallest absolute Gasteiger partial charge is 0.238 e. The van der Waals surface area contributed by atoms with Gasteiger partial charge >= 0.3 is 0 Å². The molecule has 0 unspecified atom stereocenters. The summed E-state index contributed by atoms with van der Waals surface area (Å²) in [6.07, 6.45) is 0. The van der Waals surface area contributed by atoms with Crippen molar-refractivity contribution < 1.29 is 9.90 Å². The third-order valence-corrected chi connectivity index (χ3v) is 2.99. The number of carbonyl (C=O) groups excluding carboxylic acids is 1. The largest absolute Gasteiger partial charge is 0.399 e. The van der Waals surface area contributed by atoms with Gasteiger partial charge in [-0.05, 0) is 55.0 Å². The van der Waals surface area contributed by atoms with E-state index in [0.717, 1.165) is 4.47 Å². The minimum atomic E-state index is -0.823. The Morgan fingerprint density at radius 1 is 1.53 bits per heavy atom. The zero-order valence-corrected chi connectivity index (χ0v) is 13.0. The summed E-state index contributed by atoms with van der Waals surface area (Å²) < 4.78 is 0.742. The Morgan fingerprint density at radius 3 is 2.68 bits per heavy atom. The van der Waals surface area contributed by atoms with E-state index in [1.165, 1.54) is 0 Å². The van der Waals surface area contributed by atoms with E-state index < -0.39 is 5.60 Å². The SMILES string of the molecule is CN(CC(=O)Nc1ccc(N)cc1Br)CC(C)(C)O. The number of likely N-dealkylation sites (N-methyl/N-ethyl adjacent to an activating group) is 1. The lowest BCUT2D eigenvalue weighted by Crippen LogP contribution is -2.40. The number of nitrogens with one attached hydrogen (secondary N) is 1. The summed E-state index contributed by atoms with van der Waals surface area (Å²) in [5.74, 6) is -0.141. The first-order valence-electron chi connectivity index (χ1n) is 5.93. The highest BCUT2D eigenvalue weighted by atomic mass is 79.9. The van der Waals surface area contributed by atoms with Crippen molar-refractivity contribution >= 4 is 33.2 Å². The van der Waals surface area contributed by atoms with E-state index in [1.54, 1.807) is 44.0 Å². The number of nitrogens with two attached hydrogens (primary N) is 1. The molecule has 0 aliphatic heterocycles. The van der Waals surface area contributed by atoms with E-state index in [9.17, 15) is 9.90 Å². The van der Waals surface area contributed by atoms with Crippen LogP contribution in [0.1, 0.15) is 13.8 Å². The van der Waals surface area contributed by atoms with Gasteiger partial charge in [0, 0.05) is 16.7 Å². The van der Waals surface area contributed by atoms with Crippen molar-refractivity contribution in [2.24, 2.45) is 0 Å². The molecule has 1 aromatic carbocycles. The number of anilines is 2. The molecule has 1 aromatic rings. The third-order valence-electron chi connectivity index (χ3n) is 2.34. The van der Waals surface area contributed by atoms with Gasteiger partial charge in [0.2, 0.25) is 5.91 Å². The maximum Gasteiger partial charge on any atom is 0.238 e. The second-order valence-electron chi connectivity index (χ2n) is 5.27. The summed E-state index contributed by atoms with van der Waals surface area (Å²) in [4.78, 5) is 13.6. The summed E-state index contributed by atoms with van der Waals surface area (Å²) in [7, 11) is 1.79. The van der Waals surface area contributed by atoms with Crippen molar-refractivity contribution in [1.29, 1.82) is 0 Å². The van der Waals surface area contributed by atoms with Crippen molar-refractivity contribution in [3.05, 3.63) is 22.7 Å². The number of halogens is 1. The molecule has 0 aromatic heterocycles. The molecule has 106 valence electrons. The van der Waals surface area contributed by atoms with E-state index >= 15 is 0 Å². The third kappa shape index (κ3) is 6.04. The highest BCUT2D eigenvalue weighted by molar-refractivity contribution is 9.10. The first-order chi connectivity index (χ1) is 8.67. The van der Waals surface area contributed by atoms with Crippen molar-refractivity contribution in [3.8, 4) is 0 Å². The molecule has 19 heavy (non-hydrogen) atoms. The monoisotopic (exact) mass is 329 g/mol. The summed E-state index contributed by atoms with van der Waals surface area (Å²) in [5, 5.41) is 12.5. The second kappa shape index (κ2) is 6.36. The van der Waals surface area contributed by atoms with E-state index in [1.807, 2.05) is 0 Å². The van der Waals surface area contributed by atoms with Crippen LogP contribution in [0.3, 0.4) is 0 Å². The summed E-state index contributed by atoms with van der Waals surface area (Å²) in [5.41, 5.74) is 6.11. The van der Waals surface area contributed by atoms with E-state index in [-0.39, 0.29) is 12.5 Å². The quantitative estimate of drug-likeness (QED) is 0.718. The Hall–Kier alpha value is -1.11. The van der Waals surface area contributed by atoms with Crippen LogP contribution in [0.5, 0.6) is 0 Å². The van der Waals surface area contributed by atoms with E-state index in [0.29, 0.717) is 17.9 Å². The molecule has 0 aliphatic rings. The number of hydrogen-bond acceptors (Lipinski definition) is 4. The lowest BCUT2D eigenvalue weighted by molar-refractivity contribution is -0.117. The first kappa shape index (κ1) is 15.9. The topological polar surface area (TPSA) is 78.6 Å². The molecule has 0 heterocycles. The zero-order valence-electron chi connectivity index (χ0n) is 11.4. The van der Waals surface area contributed by atoms with Gasteiger partial charge in [-0.25, -0.2) is 0 Å². The summed E-state index contributed by atoms with van der Waals surface area (Å²) >= 11 is 3.34. The fourth-order valence-electron chi connectivity index (χ4n) is 1.78. The Labute approximate surface area is 121 Å². The van der Waals surface area contributed by atoms with Crippen LogP contribution in [0.25, 0.3) is 0 Å². The number of nitrogens with zero attached hydrogens (tertiary/aromatic N) is 1. The highest BCUT2D eigenvalue weighted by Gasteiger charge is 2.17. The molecule has 0 fully saturated rings. The van der Waals surface area contributed by atoms with Crippen LogP contribution in [0.2, 0.25) is 0 Å². The van der Waals surface area contributed by atoms with Crippen LogP contribution in [-0.4, -0.2) is 41.7 Å². The molecular formula is C13H20BrN3O2. The standard InChI is InChI=1S/C13H20BrN3O2/c1-13(2,19)8-17(3)7-12(18)16-11-5-4-9(15)6-10(11)14/h4-6,19H,7-8,15H2,1-3H3,(H,16,18). The lowest BCUT2D eigenvalue weighted by Gasteiger charge is -2.24. The Morgan fingerprint density at radius 2 is 2.16 bits per heavy atom. The van der Waals surface area contributed by atoms with Gasteiger partial charge in [0.15, 0.2) is 0 Å². The molecule has 4 N–H and O–H groups in total. The van der Waals surface area contributed by atoms with E-state index in [2.05, 4.69) is 21.2 Å². The highest BCUT2D eigenvalue weighted by Crippen LogP contribution is 2.24. The van der Waals surface area contributed by atoms with Crippen molar-refractivity contribution in [2.45, 2.75) is 19.4 Å². The molecule has 1 rings (SSSR count). The molecule has 0 saturated carbocycles. The number of aliphatic hydroxyl groups is 1. The van der Waals surface area contributed by atoms with Crippen molar-refractivity contribution in [1.82, 2.24) is 4.90 Å². The van der Waals surface area contributed by atoms with Gasteiger partial charge < -0.3 is 16.2 Å². The Balaban J connectivity index is 2.56. The van der Waals surface area contributed by atoms with Crippen LogP contribution < -0.4 is 11.1 Å². The van der Waals surface area contributed by atoms with Gasteiger partial charge in [-0.2, -0.15) is 0 Å². The predicted molar refractivity (Wildman–Crippen MR) is 81.0 cm³/mol. The average Bonchev–Trinajstić information content (AvgIpc) is 2.19. The molecule has 1 amide bonds. The van der Waals surface area contributed by atoms with Crippen LogP contribution in [0, 0.1) is 0 Å². The number of amides is 1. The minimum absolute atomic E-state index is 0.141. The van der Waals surface area contributed by atoms with E-state index in [4.69, 9.17) is 5.73 Å². The molecule has 6 heteroatoms. The average molecular weight is 330 g/mol. The number of carbonyl (C=O) groups is 1. The molecule has 0 spiro atoms. The number of benzene rings is 1. The molecular weight excluding hydrogens is 310 g/mol. The Kier molecular flexibility index (Phi) is 5.34. The molecule has 0 aliphatic carbocycles. The molecule has 0 bridgehead atoms. The number of hydrogen-bond donors (Lipinski definition) is 3. The van der Waals surface area contributed by atoms with Gasteiger partial charge in [0.05, 0.1) is 17.8 Å². The van der Waals surface area contributed by atoms with Crippen molar-refractivity contribution in [3.63, 3.8) is 0 Å². The van der Waals surface area contributed by atoms with Gasteiger partial charge in [0.25, 0.3) is 0 Å². The lowest BCUT2D eigenvalue weighted by atomic mass is 10.1. The maximum absolute atomic E-state index is 11.9. The normalized spacial score (nSPS) is 11.7. The fourth-order valence-corrected chi connectivity index (χ4v) is 2.28. The zero-order chi connectivity index (χ0) is 14.6. The Bertz CT molecular complexity index is 458. The van der Waals surface area contributed by atoms with Crippen LogP contribution in [0.15, 0.2) is 22.7 Å². The minimum Gasteiger partial charge on any atom is -0.399 e. The summed E-state index contributed by atoms with van der Waals surface area (Å²) in [6.45, 7) is 4.04.